The zero-order valence-corrected chi connectivity index (χ0v) is 25.0. The van der Waals surface area contributed by atoms with Gasteiger partial charge < -0.3 is 19.5 Å². The van der Waals surface area contributed by atoms with Crippen molar-refractivity contribution in [2.24, 2.45) is 4.99 Å². The molecule has 0 saturated heterocycles. The highest BCUT2D eigenvalue weighted by Gasteiger charge is 2.37. The number of benzene rings is 2. The van der Waals surface area contributed by atoms with Gasteiger partial charge in [0.1, 0.15) is 24.0 Å². The second-order valence-electron chi connectivity index (χ2n) is 12.5. The molecule has 224 valence electrons. The summed E-state index contributed by atoms with van der Waals surface area (Å²) < 4.78 is 11.6. The number of hydrogen-bond acceptors (Lipinski definition) is 6. The number of aliphatic imine (C=N–C) groups is 1. The lowest BCUT2D eigenvalue weighted by Crippen LogP contribution is -2.51. The van der Waals surface area contributed by atoms with E-state index >= 15 is 0 Å². The van der Waals surface area contributed by atoms with Gasteiger partial charge in [-0.05, 0) is 86.9 Å². The van der Waals surface area contributed by atoms with E-state index < -0.39 is 36.0 Å². The summed E-state index contributed by atoms with van der Waals surface area (Å²) in [5.74, 6) is -0.298. The first-order valence-electron chi connectivity index (χ1n) is 14.9. The number of carboxylic acids is 1. The Balaban J connectivity index is 1.26. The fourth-order valence-corrected chi connectivity index (χ4v) is 5.98. The quantitative estimate of drug-likeness (QED) is 0.410. The Kier molecular flexibility index (Phi) is 8.57. The molecule has 5 rings (SSSR count). The molecule has 3 aliphatic rings. The average molecular weight is 576 g/mol. The summed E-state index contributed by atoms with van der Waals surface area (Å²) in [6.07, 6.45) is 5.76. The van der Waals surface area contributed by atoms with E-state index in [-0.39, 0.29) is 0 Å². The molecule has 0 radical (unpaired) electrons. The van der Waals surface area contributed by atoms with E-state index in [1.807, 2.05) is 18.2 Å². The van der Waals surface area contributed by atoms with Crippen molar-refractivity contribution in [1.82, 2.24) is 4.90 Å². The second kappa shape index (κ2) is 12.2. The molecular weight excluding hydrogens is 534 g/mol. The fraction of sp³-hybridized carbons (Fsp3) is 0.515. The summed E-state index contributed by atoms with van der Waals surface area (Å²) in [6.45, 7) is 6.80. The highest BCUT2D eigenvalue weighted by Crippen LogP contribution is 2.37. The predicted molar refractivity (Wildman–Crippen MR) is 161 cm³/mol. The van der Waals surface area contributed by atoms with Crippen LogP contribution in [-0.4, -0.2) is 65.5 Å². The van der Waals surface area contributed by atoms with E-state index in [1.165, 1.54) is 56.0 Å². The van der Waals surface area contributed by atoms with Crippen LogP contribution in [-0.2, 0) is 27.4 Å². The third kappa shape index (κ3) is 6.94. The van der Waals surface area contributed by atoms with Crippen molar-refractivity contribution in [3.8, 4) is 5.75 Å². The molecule has 9 nitrogen and oxygen atoms in total. The van der Waals surface area contributed by atoms with Crippen LogP contribution in [0.1, 0.15) is 87.5 Å². The topological polar surface area (TPSA) is 109 Å². The molecule has 1 aliphatic carbocycles. The smallest absolute Gasteiger partial charge is 0.410 e. The molecule has 1 atom stereocenters. The molecule has 1 N–H and O–H groups in total. The van der Waals surface area contributed by atoms with Crippen molar-refractivity contribution < 1.29 is 29.0 Å². The van der Waals surface area contributed by atoms with Gasteiger partial charge in [-0.3, -0.25) is 19.5 Å². The Morgan fingerprint density at radius 1 is 1.10 bits per heavy atom. The molecule has 2 aromatic rings. The maximum absolute atomic E-state index is 13.6. The van der Waals surface area contributed by atoms with Gasteiger partial charge in [0.15, 0.2) is 0 Å². The highest BCUT2D eigenvalue weighted by molar-refractivity contribution is 6.11. The number of fused-ring (bicyclic) bond motifs is 1. The molecule has 0 unspecified atom stereocenters. The number of carbonyl (C=O) groups excluding carboxylic acids is 2. The first-order chi connectivity index (χ1) is 20.0. The number of likely N-dealkylation sites (N-methyl/N-ethyl adjacent to an activating group) is 1. The van der Waals surface area contributed by atoms with Crippen LogP contribution in [0, 0.1) is 0 Å². The first-order valence-corrected chi connectivity index (χ1v) is 14.9. The van der Waals surface area contributed by atoms with Gasteiger partial charge in [-0.15, -0.1) is 0 Å². The molecule has 1 fully saturated rings. The number of carbonyl (C=O) groups is 3. The Morgan fingerprint density at radius 2 is 1.83 bits per heavy atom. The van der Waals surface area contributed by atoms with Crippen LogP contribution in [0.2, 0.25) is 0 Å². The number of carboxylic acid groups (broad SMARTS) is 1. The Labute approximate surface area is 247 Å². The zero-order valence-electron chi connectivity index (χ0n) is 25.0. The van der Waals surface area contributed by atoms with Gasteiger partial charge >= 0.3 is 12.1 Å². The third-order valence-electron chi connectivity index (χ3n) is 8.21. The molecule has 2 heterocycles. The molecule has 42 heavy (non-hydrogen) atoms. The predicted octanol–water partition coefficient (Wildman–Crippen LogP) is 5.72. The van der Waals surface area contributed by atoms with E-state index in [0.29, 0.717) is 36.9 Å². The van der Waals surface area contributed by atoms with Gasteiger partial charge in [-0.25, -0.2) is 4.79 Å². The normalized spacial score (nSPS) is 17.2. The van der Waals surface area contributed by atoms with Crippen molar-refractivity contribution in [3.63, 3.8) is 0 Å². The summed E-state index contributed by atoms with van der Waals surface area (Å²) in [5.41, 5.74) is 5.86. The van der Waals surface area contributed by atoms with Gasteiger partial charge in [0.25, 0.3) is 5.91 Å². The van der Waals surface area contributed by atoms with Crippen molar-refractivity contribution in [1.29, 1.82) is 0 Å². The Morgan fingerprint density at radius 3 is 2.50 bits per heavy atom. The third-order valence-corrected chi connectivity index (χ3v) is 8.21. The van der Waals surface area contributed by atoms with Crippen LogP contribution >= 0.6 is 0 Å². The molecule has 2 amide bonds. The molecule has 0 bridgehead atoms. The van der Waals surface area contributed by atoms with Crippen LogP contribution in [0.4, 0.5) is 10.5 Å². The lowest BCUT2D eigenvalue weighted by atomic mass is 9.81. The summed E-state index contributed by atoms with van der Waals surface area (Å²) in [7, 11) is 1.40. The Bertz CT molecular complexity index is 1390. The van der Waals surface area contributed by atoms with E-state index in [1.54, 1.807) is 25.7 Å². The largest absolute Gasteiger partial charge is 0.489 e. The molecular formula is C33H41N3O6. The minimum absolute atomic E-state index is 0.393. The van der Waals surface area contributed by atoms with E-state index in [4.69, 9.17) is 9.47 Å². The number of nitrogens with zero attached hydrogens (tertiary/aromatic N) is 3. The van der Waals surface area contributed by atoms with Gasteiger partial charge in [-0.2, -0.15) is 0 Å². The monoisotopic (exact) mass is 575 g/mol. The minimum Gasteiger partial charge on any atom is -0.489 e. The van der Waals surface area contributed by atoms with Crippen molar-refractivity contribution in [2.75, 3.05) is 25.0 Å². The van der Waals surface area contributed by atoms with E-state index in [2.05, 4.69) is 23.2 Å². The summed E-state index contributed by atoms with van der Waals surface area (Å²) in [6, 6.07) is 11.1. The standard InChI is InChI=1S/C33H41N3O6/c1-33(2,3)42-32(40)35(4)29(18-30(37)38)31(39)36-15-14-23-17-24(11-13-28(23)36)41-20-21-10-12-25(22-8-6-5-7-9-22)26(16-21)27-19-34-27/h10-13,16-17,22,29H,5-9,14-15,18-20H2,1-4H3,(H,37,38)/t29-/m1/s1. The molecule has 1 saturated carbocycles. The van der Waals surface area contributed by atoms with Crippen molar-refractivity contribution in [2.45, 2.75) is 89.9 Å². The number of hydrogen-bond donors (Lipinski definition) is 1. The van der Waals surface area contributed by atoms with Crippen LogP contribution in [0.3, 0.4) is 0 Å². The van der Waals surface area contributed by atoms with Gasteiger partial charge in [0, 0.05) is 24.8 Å². The maximum atomic E-state index is 13.6. The fourth-order valence-electron chi connectivity index (χ4n) is 5.98. The second-order valence-corrected chi connectivity index (χ2v) is 12.5. The van der Waals surface area contributed by atoms with Gasteiger partial charge in [0.2, 0.25) is 0 Å². The summed E-state index contributed by atoms with van der Waals surface area (Å²) in [4.78, 5) is 45.0. The first kappa shape index (κ1) is 29.6. The van der Waals surface area contributed by atoms with Crippen LogP contribution in [0.15, 0.2) is 41.4 Å². The van der Waals surface area contributed by atoms with E-state index in [9.17, 15) is 19.5 Å². The number of aliphatic carboxylic acids is 1. The maximum Gasteiger partial charge on any atom is 0.410 e. The average Bonchev–Trinajstić information content (AvgIpc) is 3.72. The summed E-state index contributed by atoms with van der Waals surface area (Å²) in [5, 5.41) is 9.48. The number of amides is 2. The summed E-state index contributed by atoms with van der Waals surface area (Å²) >= 11 is 0. The van der Waals surface area contributed by atoms with Gasteiger partial charge in [0.05, 0.1) is 18.7 Å². The van der Waals surface area contributed by atoms with Crippen LogP contribution in [0.25, 0.3) is 0 Å². The van der Waals surface area contributed by atoms with Crippen LogP contribution in [0.5, 0.6) is 5.75 Å². The highest BCUT2D eigenvalue weighted by atomic mass is 16.6. The zero-order chi connectivity index (χ0) is 30.0. The lowest BCUT2D eigenvalue weighted by Gasteiger charge is -2.31. The molecule has 0 aromatic heterocycles. The van der Waals surface area contributed by atoms with E-state index in [0.717, 1.165) is 22.6 Å². The van der Waals surface area contributed by atoms with Crippen LogP contribution < -0.4 is 9.64 Å². The SMILES string of the molecule is CN(C(=O)OC(C)(C)C)[C@H](CC(=O)O)C(=O)N1CCc2cc(OCc3ccc(C4CCCCC4)c(C4=NC4)c3)ccc21. The van der Waals surface area contributed by atoms with Crippen molar-refractivity contribution in [3.05, 3.63) is 58.7 Å². The molecule has 2 aliphatic heterocycles. The molecule has 9 heteroatoms. The molecule has 0 spiro atoms. The number of rotatable bonds is 9. The number of ether oxygens (including phenoxy) is 2. The lowest BCUT2D eigenvalue weighted by molar-refractivity contribution is -0.140. The molecule has 2 aromatic carbocycles. The number of anilines is 1. The Hall–Kier alpha value is -3.88. The minimum atomic E-state index is -1.19. The van der Waals surface area contributed by atoms with Gasteiger partial charge in [-0.1, -0.05) is 31.4 Å². The van der Waals surface area contributed by atoms with Crippen molar-refractivity contribution >= 4 is 29.4 Å².